The van der Waals surface area contributed by atoms with Crippen LogP contribution in [0.3, 0.4) is 0 Å². The van der Waals surface area contributed by atoms with Gasteiger partial charge in [0.25, 0.3) is 0 Å². The Morgan fingerprint density at radius 3 is 2.67 bits per heavy atom. The molecule has 2 aromatic rings. The van der Waals surface area contributed by atoms with Crippen LogP contribution in [0.4, 0.5) is 0 Å². The Bertz CT molecular complexity index is 806. The summed E-state index contributed by atoms with van der Waals surface area (Å²) >= 11 is 5.91. The first-order chi connectivity index (χ1) is 13.0. The van der Waals surface area contributed by atoms with Gasteiger partial charge in [0.1, 0.15) is 0 Å². The summed E-state index contributed by atoms with van der Waals surface area (Å²) < 4.78 is 5.48. The third-order valence-corrected chi connectivity index (χ3v) is 4.95. The first-order valence-electron chi connectivity index (χ1n) is 9.04. The van der Waals surface area contributed by atoms with Crippen molar-refractivity contribution in [1.82, 2.24) is 20.0 Å². The van der Waals surface area contributed by atoms with Crippen molar-refractivity contribution in [1.29, 1.82) is 0 Å². The fraction of sp³-hybridized carbons (Fsp3) is 0.474. The van der Waals surface area contributed by atoms with Gasteiger partial charge in [-0.25, -0.2) is 0 Å². The topological polar surface area (TPSA) is 79.5 Å². The van der Waals surface area contributed by atoms with Crippen molar-refractivity contribution < 1.29 is 14.0 Å². The highest BCUT2D eigenvalue weighted by Gasteiger charge is 2.32. The lowest BCUT2D eigenvalue weighted by Gasteiger charge is -2.33. The predicted molar refractivity (Wildman–Crippen MR) is 99.7 cm³/mol. The molecule has 1 saturated heterocycles. The smallest absolute Gasteiger partial charge is 0.235 e. The van der Waals surface area contributed by atoms with E-state index in [1.54, 1.807) is 29.0 Å². The minimum absolute atomic E-state index is 0.0140. The molecule has 1 atom stereocenters. The summed E-state index contributed by atoms with van der Waals surface area (Å²) in [6.45, 7) is 3.09. The lowest BCUT2D eigenvalue weighted by atomic mass is 9.95. The molecule has 0 spiro atoms. The van der Waals surface area contributed by atoms with Crippen molar-refractivity contribution in [2.75, 3.05) is 13.6 Å². The number of rotatable bonds is 6. The van der Waals surface area contributed by atoms with E-state index in [0.717, 1.165) is 5.56 Å². The lowest BCUT2D eigenvalue weighted by molar-refractivity contribution is -0.143. The standard InChI is InChI=1S/C19H23ClN4O3/c1-3-16-21-22-17(27-16)12-23(2)19(26)14-6-9-18(25)24(11-14)10-13-4-7-15(20)8-5-13/h4-5,7-8,14H,3,6,9-12H2,1-2H3/t14-/m1/s1. The minimum Gasteiger partial charge on any atom is -0.423 e. The largest absolute Gasteiger partial charge is 0.423 e. The number of halogens is 1. The molecule has 1 aromatic carbocycles. The predicted octanol–water partition coefficient (Wildman–Crippen LogP) is 2.68. The van der Waals surface area contributed by atoms with E-state index in [-0.39, 0.29) is 24.3 Å². The van der Waals surface area contributed by atoms with E-state index in [1.807, 2.05) is 19.1 Å². The van der Waals surface area contributed by atoms with E-state index < -0.39 is 0 Å². The van der Waals surface area contributed by atoms with Crippen LogP contribution in [-0.2, 0) is 29.1 Å². The molecule has 0 saturated carbocycles. The number of carbonyl (C=O) groups is 2. The highest BCUT2D eigenvalue weighted by Crippen LogP contribution is 2.22. The van der Waals surface area contributed by atoms with E-state index >= 15 is 0 Å². The summed E-state index contributed by atoms with van der Waals surface area (Å²) in [4.78, 5) is 28.4. The normalized spacial score (nSPS) is 17.2. The number of hydrogen-bond donors (Lipinski definition) is 0. The van der Waals surface area contributed by atoms with Gasteiger partial charge in [-0.1, -0.05) is 30.7 Å². The van der Waals surface area contributed by atoms with Gasteiger partial charge in [-0.05, 0) is 24.1 Å². The molecule has 1 aliphatic heterocycles. The summed E-state index contributed by atoms with van der Waals surface area (Å²) in [6, 6.07) is 7.40. The summed E-state index contributed by atoms with van der Waals surface area (Å²) in [6.07, 6.45) is 1.59. The molecule has 0 unspecified atom stereocenters. The van der Waals surface area contributed by atoms with Crippen LogP contribution in [0.5, 0.6) is 0 Å². The molecule has 3 rings (SSSR count). The number of nitrogens with zero attached hydrogens (tertiary/aromatic N) is 4. The second kappa shape index (κ2) is 8.52. The Morgan fingerprint density at radius 1 is 1.30 bits per heavy atom. The fourth-order valence-corrected chi connectivity index (χ4v) is 3.29. The average molecular weight is 391 g/mol. The first kappa shape index (κ1) is 19.4. The maximum absolute atomic E-state index is 12.8. The molecule has 2 amide bonds. The molecule has 144 valence electrons. The number of piperidine rings is 1. The average Bonchev–Trinajstić information content (AvgIpc) is 3.12. The van der Waals surface area contributed by atoms with Gasteiger partial charge in [0, 0.05) is 38.0 Å². The highest BCUT2D eigenvalue weighted by molar-refractivity contribution is 6.30. The van der Waals surface area contributed by atoms with Crippen LogP contribution in [0, 0.1) is 5.92 Å². The molecule has 0 bridgehead atoms. The van der Waals surface area contributed by atoms with Gasteiger partial charge in [-0.15, -0.1) is 10.2 Å². The van der Waals surface area contributed by atoms with Crippen molar-refractivity contribution in [2.24, 2.45) is 5.92 Å². The summed E-state index contributed by atoms with van der Waals surface area (Å²) in [5, 5.41) is 8.53. The van der Waals surface area contributed by atoms with Crippen LogP contribution < -0.4 is 0 Å². The molecule has 0 N–H and O–H groups in total. The second-order valence-corrected chi connectivity index (χ2v) is 7.21. The second-order valence-electron chi connectivity index (χ2n) is 6.77. The van der Waals surface area contributed by atoms with Gasteiger partial charge >= 0.3 is 0 Å². The maximum Gasteiger partial charge on any atom is 0.235 e. The van der Waals surface area contributed by atoms with Crippen LogP contribution in [0.1, 0.15) is 37.1 Å². The Labute approximate surface area is 163 Å². The van der Waals surface area contributed by atoms with Crippen molar-refractivity contribution >= 4 is 23.4 Å². The van der Waals surface area contributed by atoms with Crippen LogP contribution in [0.2, 0.25) is 5.02 Å². The Kier molecular flexibility index (Phi) is 6.11. The van der Waals surface area contributed by atoms with Crippen molar-refractivity contribution in [3.05, 3.63) is 46.6 Å². The summed E-state index contributed by atoms with van der Waals surface area (Å²) in [5.41, 5.74) is 0.993. The Balaban J connectivity index is 1.60. The van der Waals surface area contributed by atoms with E-state index in [1.165, 1.54) is 0 Å². The van der Waals surface area contributed by atoms with E-state index in [2.05, 4.69) is 10.2 Å². The number of hydrogen-bond acceptors (Lipinski definition) is 5. The zero-order chi connectivity index (χ0) is 19.4. The molecule has 0 radical (unpaired) electrons. The summed E-state index contributed by atoms with van der Waals surface area (Å²) in [7, 11) is 1.72. The molecule has 27 heavy (non-hydrogen) atoms. The van der Waals surface area contributed by atoms with Crippen molar-refractivity contribution in [3.63, 3.8) is 0 Å². The Morgan fingerprint density at radius 2 is 2.00 bits per heavy atom. The molecular formula is C19H23ClN4O3. The lowest BCUT2D eigenvalue weighted by Crippen LogP contribution is -2.45. The monoisotopic (exact) mass is 390 g/mol. The van der Waals surface area contributed by atoms with Crippen LogP contribution in [0.15, 0.2) is 28.7 Å². The summed E-state index contributed by atoms with van der Waals surface area (Å²) in [5.74, 6) is 0.811. The van der Waals surface area contributed by atoms with Gasteiger partial charge in [0.2, 0.25) is 23.6 Å². The van der Waals surface area contributed by atoms with Gasteiger partial charge in [0.05, 0.1) is 12.5 Å². The first-order valence-corrected chi connectivity index (χ1v) is 9.42. The third kappa shape index (κ3) is 4.86. The molecule has 1 fully saturated rings. The third-order valence-electron chi connectivity index (χ3n) is 4.70. The van der Waals surface area contributed by atoms with E-state index in [0.29, 0.717) is 49.2 Å². The van der Waals surface area contributed by atoms with Gasteiger partial charge in [-0.2, -0.15) is 0 Å². The van der Waals surface area contributed by atoms with Crippen molar-refractivity contribution in [3.8, 4) is 0 Å². The van der Waals surface area contributed by atoms with Gasteiger partial charge in [-0.3, -0.25) is 9.59 Å². The number of amides is 2. The van der Waals surface area contributed by atoms with Crippen LogP contribution >= 0.6 is 11.6 Å². The molecule has 1 aromatic heterocycles. The van der Waals surface area contributed by atoms with Crippen LogP contribution in [0.25, 0.3) is 0 Å². The molecule has 7 nitrogen and oxygen atoms in total. The number of benzene rings is 1. The zero-order valence-electron chi connectivity index (χ0n) is 15.5. The fourth-order valence-electron chi connectivity index (χ4n) is 3.17. The molecule has 8 heteroatoms. The molecular weight excluding hydrogens is 368 g/mol. The van der Waals surface area contributed by atoms with E-state index in [9.17, 15) is 9.59 Å². The molecule has 1 aliphatic rings. The molecule has 2 heterocycles. The van der Waals surface area contributed by atoms with E-state index in [4.69, 9.17) is 16.0 Å². The molecule has 0 aliphatic carbocycles. The number of aromatic nitrogens is 2. The number of carbonyl (C=O) groups excluding carboxylic acids is 2. The van der Waals surface area contributed by atoms with Crippen LogP contribution in [-0.4, -0.2) is 45.4 Å². The van der Waals surface area contributed by atoms with Gasteiger partial charge in [0.15, 0.2) is 0 Å². The maximum atomic E-state index is 12.8. The quantitative estimate of drug-likeness (QED) is 0.757. The Hall–Kier alpha value is -2.41. The SMILES string of the molecule is CCc1nnc(CN(C)C(=O)[C@@H]2CCC(=O)N(Cc3ccc(Cl)cc3)C2)o1. The number of likely N-dealkylation sites (tertiary alicyclic amines) is 1. The zero-order valence-corrected chi connectivity index (χ0v) is 16.3. The minimum atomic E-state index is -0.228. The van der Waals surface area contributed by atoms with Gasteiger partial charge < -0.3 is 14.2 Å². The highest BCUT2D eigenvalue weighted by atomic mass is 35.5. The number of aryl methyl sites for hydroxylation is 1. The van der Waals surface area contributed by atoms with Crippen molar-refractivity contribution in [2.45, 2.75) is 39.3 Å².